The second-order valence-electron chi connectivity index (χ2n) is 4.12. The van der Waals surface area contributed by atoms with E-state index in [2.05, 4.69) is 10.1 Å². The molecule has 0 spiro atoms. The fourth-order valence-electron chi connectivity index (χ4n) is 1.48. The molecule has 0 bridgehead atoms. The van der Waals surface area contributed by atoms with E-state index >= 15 is 0 Å². The maximum atomic E-state index is 11.8. The second-order valence-corrected chi connectivity index (χ2v) is 4.12. The zero-order valence-electron chi connectivity index (χ0n) is 10.8. The molecule has 4 nitrogen and oxygen atoms in total. The summed E-state index contributed by atoms with van der Waals surface area (Å²) in [5.41, 5.74) is 8.03. The Labute approximate surface area is 110 Å². The number of aryl methyl sites for hydroxylation is 1. The van der Waals surface area contributed by atoms with Crippen LogP contribution in [0.1, 0.15) is 17.5 Å². The highest BCUT2D eigenvalue weighted by atomic mass is 19.3. The van der Waals surface area contributed by atoms with Crippen molar-refractivity contribution >= 4 is 11.6 Å². The highest BCUT2D eigenvalue weighted by Gasteiger charge is 2.07. The van der Waals surface area contributed by atoms with Crippen molar-refractivity contribution in [3.8, 4) is 0 Å². The maximum Gasteiger partial charge on any atom is 0.261 e. The van der Waals surface area contributed by atoms with Gasteiger partial charge >= 0.3 is 0 Å². The van der Waals surface area contributed by atoms with Crippen LogP contribution in [-0.2, 0) is 16.1 Å². The Kier molecular flexibility index (Phi) is 6.38. The molecule has 3 N–H and O–H groups in total. The van der Waals surface area contributed by atoms with Crippen LogP contribution in [0.5, 0.6) is 0 Å². The van der Waals surface area contributed by atoms with E-state index in [1.54, 1.807) is 6.07 Å². The largest absolute Gasteiger partial charge is 0.375 e. The lowest BCUT2D eigenvalue weighted by Crippen LogP contribution is -2.16. The number of hydrogen-bond acceptors (Lipinski definition) is 3. The molecule has 19 heavy (non-hydrogen) atoms. The van der Waals surface area contributed by atoms with Crippen LogP contribution < -0.4 is 11.1 Å². The third-order valence-corrected chi connectivity index (χ3v) is 2.53. The molecule has 0 aliphatic carbocycles. The first-order valence-electron chi connectivity index (χ1n) is 5.98. The Hall–Kier alpha value is -1.53. The number of halogens is 2. The van der Waals surface area contributed by atoms with Crippen molar-refractivity contribution in [3.05, 3.63) is 29.3 Å². The highest BCUT2D eigenvalue weighted by molar-refractivity contribution is 5.91. The van der Waals surface area contributed by atoms with Crippen LogP contribution in [0, 0.1) is 6.92 Å². The highest BCUT2D eigenvalue weighted by Crippen LogP contribution is 2.16. The van der Waals surface area contributed by atoms with Crippen molar-refractivity contribution in [2.24, 2.45) is 5.73 Å². The van der Waals surface area contributed by atoms with Crippen molar-refractivity contribution in [2.45, 2.75) is 26.3 Å². The van der Waals surface area contributed by atoms with E-state index in [9.17, 15) is 13.6 Å². The van der Waals surface area contributed by atoms with Gasteiger partial charge in [0.25, 0.3) is 6.43 Å². The second kappa shape index (κ2) is 7.81. The lowest BCUT2D eigenvalue weighted by molar-refractivity contribution is -0.117. The molecule has 0 atom stereocenters. The lowest BCUT2D eigenvalue weighted by atomic mass is 10.1. The van der Waals surface area contributed by atoms with Crippen LogP contribution in [-0.4, -0.2) is 25.5 Å². The Bertz CT molecular complexity index is 425. The maximum absolute atomic E-state index is 11.8. The number of nitrogens with two attached hydrogens (primary N) is 1. The average Bonchev–Trinajstić information content (AvgIpc) is 2.37. The van der Waals surface area contributed by atoms with Gasteiger partial charge in [0.15, 0.2) is 0 Å². The van der Waals surface area contributed by atoms with Gasteiger partial charge < -0.3 is 15.8 Å². The summed E-state index contributed by atoms with van der Waals surface area (Å²) in [7, 11) is 0. The van der Waals surface area contributed by atoms with E-state index < -0.39 is 13.0 Å². The molecule has 0 unspecified atom stereocenters. The number of amides is 1. The van der Waals surface area contributed by atoms with Gasteiger partial charge in [-0.25, -0.2) is 8.78 Å². The zero-order chi connectivity index (χ0) is 14.3. The number of carbonyl (C=O) groups is 1. The molecular formula is C13H18F2N2O2. The smallest absolute Gasteiger partial charge is 0.261 e. The van der Waals surface area contributed by atoms with Gasteiger partial charge in [-0.05, 0) is 24.1 Å². The number of anilines is 1. The van der Waals surface area contributed by atoms with E-state index in [-0.39, 0.29) is 18.9 Å². The van der Waals surface area contributed by atoms with Crippen LogP contribution in [0.3, 0.4) is 0 Å². The van der Waals surface area contributed by atoms with Crippen LogP contribution in [0.25, 0.3) is 0 Å². The summed E-state index contributed by atoms with van der Waals surface area (Å²) in [6.45, 7) is 1.59. The predicted molar refractivity (Wildman–Crippen MR) is 69.1 cm³/mol. The number of ether oxygens (including phenoxy) is 1. The van der Waals surface area contributed by atoms with E-state index in [0.29, 0.717) is 12.2 Å². The molecule has 1 amide bonds. The van der Waals surface area contributed by atoms with E-state index in [0.717, 1.165) is 11.1 Å². The van der Waals surface area contributed by atoms with Gasteiger partial charge in [0.05, 0.1) is 13.0 Å². The van der Waals surface area contributed by atoms with Crippen molar-refractivity contribution in [2.75, 3.05) is 18.5 Å². The molecule has 0 aromatic heterocycles. The minimum absolute atomic E-state index is 0.0220. The quantitative estimate of drug-likeness (QED) is 0.747. The van der Waals surface area contributed by atoms with Crippen molar-refractivity contribution in [3.63, 3.8) is 0 Å². The molecule has 0 fully saturated rings. The first-order valence-corrected chi connectivity index (χ1v) is 5.98. The van der Waals surface area contributed by atoms with Gasteiger partial charge in [-0.1, -0.05) is 12.1 Å². The molecule has 0 saturated heterocycles. The zero-order valence-corrected chi connectivity index (χ0v) is 10.8. The Morgan fingerprint density at radius 3 is 2.84 bits per heavy atom. The summed E-state index contributed by atoms with van der Waals surface area (Å²) in [6.07, 6.45) is -2.47. The van der Waals surface area contributed by atoms with Gasteiger partial charge in [0, 0.05) is 12.2 Å². The minimum Gasteiger partial charge on any atom is -0.375 e. The van der Waals surface area contributed by atoms with Crippen molar-refractivity contribution < 1.29 is 18.3 Å². The molecule has 106 valence electrons. The normalized spacial score (nSPS) is 10.8. The monoisotopic (exact) mass is 272 g/mol. The number of carbonyl (C=O) groups excluding carboxylic acids is 1. The standard InChI is InChI=1S/C13H18F2N2O2/c1-9-2-3-10(7-16)6-11(9)17-13(18)4-5-19-8-12(14)15/h2-3,6,12H,4-5,7-8,16H2,1H3,(H,17,18). The van der Waals surface area contributed by atoms with E-state index in [4.69, 9.17) is 5.73 Å². The molecule has 0 aliphatic rings. The molecule has 6 heteroatoms. The lowest BCUT2D eigenvalue weighted by Gasteiger charge is -2.10. The topological polar surface area (TPSA) is 64.3 Å². The van der Waals surface area contributed by atoms with Gasteiger partial charge in [-0.3, -0.25) is 4.79 Å². The SMILES string of the molecule is Cc1ccc(CN)cc1NC(=O)CCOCC(F)F. The summed E-state index contributed by atoms with van der Waals surface area (Å²) in [4.78, 5) is 11.6. The first kappa shape index (κ1) is 15.5. The summed E-state index contributed by atoms with van der Waals surface area (Å²) in [6, 6.07) is 5.55. The van der Waals surface area contributed by atoms with Gasteiger partial charge in [-0.15, -0.1) is 0 Å². The summed E-state index contributed by atoms with van der Waals surface area (Å²) >= 11 is 0. The van der Waals surface area contributed by atoms with Crippen molar-refractivity contribution in [1.29, 1.82) is 0 Å². The van der Waals surface area contributed by atoms with Gasteiger partial charge in [-0.2, -0.15) is 0 Å². The number of benzene rings is 1. The van der Waals surface area contributed by atoms with Crippen LogP contribution in [0.4, 0.5) is 14.5 Å². The number of rotatable bonds is 7. The fourth-order valence-corrected chi connectivity index (χ4v) is 1.48. The molecule has 1 rings (SSSR count). The first-order chi connectivity index (χ1) is 9.02. The number of hydrogen-bond donors (Lipinski definition) is 2. The Balaban J connectivity index is 2.43. The summed E-state index contributed by atoms with van der Waals surface area (Å²) in [5, 5.41) is 2.71. The van der Waals surface area contributed by atoms with Crippen LogP contribution >= 0.6 is 0 Å². The van der Waals surface area contributed by atoms with Crippen LogP contribution in [0.15, 0.2) is 18.2 Å². The number of alkyl halides is 2. The molecule has 0 heterocycles. The molecule has 1 aromatic carbocycles. The molecule has 0 aliphatic heterocycles. The van der Waals surface area contributed by atoms with Crippen molar-refractivity contribution in [1.82, 2.24) is 0 Å². The fraction of sp³-hybridized carbons (Fsp3) is 0.462. The summed E-state index contributed by atoms with van der Waals surface area (Å²) in [5.74, 6) is -0.272. The third-order valence-electron chi connectivity index (χ3n) is 2.53. The third kappa shape index (κ3) is 5.76. The van der Waals surface area contributed by atoms with E-state index in [1.165, 1.54) is 0 Å². The molecule has 0 radical (unpaired) electrons. The predicted octanol–water partition coefficient (Wildman–Crippen LogP) is 2.06. The molecule has 0 saturated carbocycles. The molecule has 1 aromatic rings. The molecular weight excluding hydrogens is 254 g/mol. The Morgan fingerprint density at radius 2 is 2.21 bits per heavy atom. The van der Waals surface area contributed by atoms with Crippen LogP contribution in [0.2, 0.25) is 0 Å². The number of nitrogens with one attached hydrogen (secondary N) is 1. The summed E-state index contributed by atoms with van der Waals surface area (Å²) < 4.78 is 28.3. The van der Waals surface area contributed by atoms with E-state index in [1.807, 2.05) is 19.1 Å². The van der Waals surface area contributed by atoms with Gasteiger partial charge in [0.2, 0.25) is 5.91 Å². The van der Waals surface area contributed by atoms with Gasteiger partial charge in [0.1, 0.15) is 6.61 Å². The Morgan fingerprint density at radius 1 is 1.47 bits per heavy atom. The average molecular weight is 272 g/mol. The minimum atomic E-state index is -2.51.